The Morgan fingerprint density at radius 2 is 1.92 bits per heavy atom. The zero-order chi connectivity index (χ0) is 9.10. The Kier molecular flexibility index (Phi) is 2.90. The minimum Gasteiger partial charge on any atom is -0.0843 e. The smallest absolute Gasteiger partial charge is 0.0406 e. The molecule has 1 fully saturated rings. The monoisotopic (exact) mass is 193 g/mol. The SMILES string of the molecule is Clc1ccc(C2C[CH]CCC2)cc1. The van der Waals surface area contributed by atoms with Crippen molar-refractivity contribution in [3.05, 3.63) is 41.3 Å². The van der Waals surface area contributed by atoms with Crippen LogP contribution < -0.4 is 0 Å². The molecular weight excluding hydrogens is 180 g/mol. The lowest BCUT2D eigenvalue weighted by atomic mass is 9.84. The van der Waals surface area contributed by atoms with E-state index in [1.54, 1.807) is 0 Å². The van der Waals surface area contributed by atoms with Crippen molar-refractivity contribution in [2.75, 3.05) is 0 Å². The van der Waals surface area contributed by atoms with E-state index < -0.39 is 0 Å². The molecule has 1 radical (unpaired) electrons. The zero-order valence-electron chi connectivity index (χ0n) is 7.67. The molecule has 0 amide bonds. The average molecular weight is 194 g/mol. The van der Waals surface area contributed by atoms with Crippen LogP contribution in [-0.4, -0.2) is 0 Å². The second-order valence-corrected chi connectivity index (χ2v) is 4.14. The van der Waals surface area contributed by atoms with E-state index in [-0.39, 0.29) is 0 Å². The van der Waals surface area contributed by atoms with Gasteiger partial charge in [0.2, 0.25) is 0 Å². The van der Waals surface area contributed by atoms with Gasteiger partial charge in [0.25, 0.3) is 0 Å². The fourth-order valence-electron chi connectivity index (χ4n) is 1.98. The van der Waals surface area contributed by atoms with Crippen LogP contribution >= 0.6 is 11.6 Å². The van der Waals surface area contributed by atoms with Gasteiger partial charge < -0.3 is 0 Å². The highest BCUT2D eigenvalue weighted by Crippen LogP contribution is 2.32. The normalized spacial score (nSPS) is 18.8. The summed E-state index contributed by atoms with van der Waals surface area (Å²) in [5, 5.41) is 0.837. The largest absolute Gasteiger partial charge is 0.0843 e. The molecule has 13 heavy (non-hydrogen) atoms. The maximum absolute atomic E-state index is 5.84. The van der Waals surface area contributed by atoms with Crippen molar-refractivity contribution in [3.8, 4) is 0 Å². The zero-order valence-corrected chi connectivity index (χ0v) is 8.43. The summed E-state index contributed by atoms with van der Waals surface area (Å²) < 4.78 is 0. The molecule has 1 aromatic rings. The minimum absolute atomic E-state index is 0.742. The maximum Gasteiger partial charge on any atom is 0.0406 e. The molecule has 0 aliphatic heterocycles. The summed E-state index contributed by atoms with van der Waals surface area (Å²) in [7, 11) is 0. The van der Waals surface area contributed by atoms with E-state index in [0.717, 1.165) is 10.9 Å². The number of benzene rings is 1. The summed E-state index contributed by atoms with van der Waals surface area (Å²) in [4.78, 5) is 0. The Hall–Kier alpha value is -0.490. The molecular formula is C12H14Cl. The predicted octanol–water partition coefficient (Wildman–Crippen LogP) is 4.20. The first-order chi connectivity index (χ1) is 6.36. The van der Waals surface area contributed by atoms with Crippen molar-refractivity contribution in [2.45, 2.75) is 31.6 Å². The van der Waals surface area contributed by atoms with Crippen LogP contribution in [0.4, 0.5) is 0 Å². The number of hydrogen-bond donors (Lipinski definition) is 0. The molecule has 0 nitrogen and oxygen atoms in total. The second-order valence-electron chi connectivity index (χ2n) is 3.70. The van der Waals surface area contributed by atoms with E-state index in [1.165, 1.54) is 31.2 Å². The Morgan fingerprint density at radius 3 is 2.54 bits per heavy atom. The van der Waals surface area contributed by atoms with Crippen molar-refractivity contribution >= 4 is 11.6 Å². The third-order valence-corrected chi connectivity index (χ3v) is 3.01. The van der Waals surface area contributed by atoms with E-state index in [1.807, 2.05) is 12.1 Å². The number of rotatable bonds is 1. The van der Waals surface area contributed by atoms with E-state index in [0.29, 0.717) is 0 Å². The van der Waals surface area contributed by atoms with Crippen LogP contribution in [0.15, 0.2) is 24.3 Å². The van der Waals surface area contributed by atoms with Gasteiger partial charge in [-0.05, 0) is 42.9 Å². The van der Waals surface area contributed by atoms with Gasteiger partial charge in [-0.25, -0.2) is 0 Å². The maximum atomic E-state index is 5.84. The quantitative estimate of drug-likeness (QED) is 0.627. The molecule has 1 atom stereocenters. The first-order valence-corrected chi connectivity index (χ1v) is 5.31. The first-order valence-electron chi connectivity index (χ1n) is 4.93. The van der Waals surface area contributed by atoms with Crippen LogP contribution in [0.1, 0.15) is 37.2 Å². The Balaban J connectivity index is 2.10. The van der Waals surface area contributed by atoms with Gasteiger partial charge >= 0.3 is 0 Å². The Labute approximate surface area is 84.9 Å². The van der Waals surface area contributed by atoms with Crippen molar-refractivity contribution in [1.82, 2.24) is 0 Å². The topological polar surface area (TPSA) is 0 Å². The number of halogens is 1. The van der Waals surface area contributed by atoms with Crippen LogP contribution in [-0.2, 0) is 0 Å². The fourth-order valence-corrected chi connectivity index (χ4v) is 2.11. The Morgan fingerprint density at radius 1 is 1.15 bits per heavy atom. The van der Waals surface area contributed by atoms with E-state index in [4.69, 9.17) is 11.6 Å². The molecule has 1 heteroatoms. The average Bonchev–Trinajstić information content (AvgIpc) is 2.20. The second kappa shape index (κ2) is 4.15. The van der Waals surface area contributed by atoms with Gasteiger partial charge in [0.15, 0.2) is 0 Å². The summed E-state index contributed by atoms with van der Waals surface area (Å²) in [6, 6.07) is 8.30. The Bertz CT molecular complexity index is 257. The van der Waals surface area contributed by atoms with Crippen LogP contribution in [0.5, 0.6) is 0 Å². The van der Waals surface area contributed by atoms with E-state index in [2.05, 4.69) is 18.6 Å². The fraction of sp³-hybridized carbons (Fsp3) is 0.417. The summed E-state index contributed by atoms with van der Waals surface area (Å²) in [5.74, 6) is 0.742. The molecule has 0 spiro atoms. The molecule has 0 N–H and O–H groups in total. The third-order valence-electron chi connectivity index (χ3n) is 2.75. The highest BCUT2D eigenvalue weighted by atomic mass is 35.5. The van der Waals surface area contributed by atoms with E-state index >= 15 is 0 Å². The van der Waals surface area contributed by atoms with Crippen LogP contribution in [0.2, 0.25) is 5.02 Å². The standard InChI is InChI=1S/C12H14Cl/c13-12-8-6-11(7-9-12)10-4-2-1-3-5-10/h2,6-10H,1,3-5H2. The third kappa shape index (κ3) is 2.25. The van der Waals surface area contributed by atoms with Gasteiger partial charge in [-0.2, -0.15) is 0 Å². The summed E-state index contributed by atoms with van der Waals surface area (Å²) >= 11 is 5.84. The molecule has 1 aromatic carbocycles. The first kappa shape index (κ1) is 9.08. The molecule has 0 bridgehead atoms. The highest BCUT2D eigenvalue weighted by molar-refractivity contribution is 6.30. The van der Waals surface area contributed by atoms with Crippen LogP contribution in [0, 0.1) is 6.42 Å². The number of hydrogen-bond acceptors (Lipinski definition) is 0. The molecule has 0 saturated heterocycles. The predicted molar refractivity (Wildman–Crippen MR) is 57.0 cm³/mol. The molecule has 1 saturated carbocycles. The van der Waals surface area contributed by atoms with Crippen molar-refractivity contribution in [3.63, 3.8) is 0 Å². The molecule has 0 heterocycles. The molecule has 0 aromatic heterocycles. The van der Waals surface area contributed by atoms with Gasteiger partial charge in [0.05, 0.1) is 0 Å². The lowest BCUT2D eigenvalue weighted by Crippen LogP contribution is -2.04. The molecule has 1 aliphatic rings. The van der Waals surface area contributed by atoms with Gasteiger partial charge in [-0.15, -0.1) is 0 Å². The minimum atomic E-state index is 0.742. The van der Waals surface area contributed by atoms with E-state index in [9.17, 15) is 0 Å². The summed E-state index contributed by atoms with van der Waals surface area (Å²) in [5.41, 5.74) is 1.44. The van der Waals surface area contributed by atoms with Crippen molar-refractivity contribution < 1.29 is 0 Å². The van der Waals surface area contributed by atoms with Gasteiger partial charge in [-0.3, -0.25) is 0 Å². The summed E-state index contributed by atoms with van der Waals surface area (Å²) in [6.45, 7) is 0. The van der Waals surface area contributed by atoms with Crippen LogP contribution in [0.3, 0.4) is 0 Å². The molecule has 2 rings (SSSR count). The summed E-state index contributed by atoms with van der Waals surface area (Å²) in [6.07, 6.45) is 7.61. The lowest BCUT2D eigenvalue weighted by molar-refractivity contribution is 0.517. The lowest BCUT2D eigenvalue weighted by Gasteiger charge is -2.21. The van der Waals surface area contributed by atoms with Crippen molar-refractivity contribution in [1.29, 1.82) is 0 Å². The van der Waals surface area contributed by atoms with Crippen molar-refractivity contribution in [2.24, 2.45) is 0 Å². The van der Waals surface area contributed by atoms with Gasteiger partial charge in [0.1, 0.15) is 0 Å². The molecule has 1 aliphatic carbocycles. The molecule has 1 unspecified atom stereocenters. The molecule has 69 valence electrons. The van der Waals surface area contributed by atoms with Crippen LogP contribution in [0.25, 0.3) is 0 Å². The van der Waals surface area contributed by atoms with Gasteiger partial charge in [0, 0.05) is 5.02 Å². The highest BCUT2D eigenvalue weighted by Gasteiger charge is 2.14. The van der Waals surface area contributed by atoms with Gasteiger partial charge in [-0.1, -0.05) is 36.6 Å².